The molecule has 0 aromatic rings. The molecule has 0 fully saturated rings. The van der Waals surface area contributed by atoms with Crippen molar-refractivity contribution in [1.29, 1.82) is 0 Å². The summed E-state index contributed by atoms with van der Waals surface area (Å²) in [5.41, 5.74) is 0. The lowest BCUT2D eigenvalue weighted by atomic mass is 10.0. The molecule has 0 bridgehead atoms. The number of unbranched alkanes of at least 4 members (excludes halogenated alkanes) is 15. The Morgan fingerprint density at radius 3 is 1.42 bits per heavy atom. The van der Waals surface area contributed by atoms with Gasteiger partial charge in [0, 0.05) is 18.8 Å². The number of carbonyl (C=O) groups is 1. The molecular weight excluding hydrogens is 340 g/mol. The lowest BCUT2D eigenvalue weighted by Crippen LogP contribution is -2.37. The van der Waals surface area contributed by atoms with Crippen LogP contribution in [0.4, 0.5) is 4.79 Å². The average Bonchev–Trinajstić information content (AvgIpc) is 2.64. The maximum absolute atomic E-state index is 11.4. The third kappa shape index (κ3) is 21.7. The van der Waals surface area contributed by atoms with Crippen LogP contribution in [0.5, 0.6) is 0 Å². The molecule has 156 valence electrons. The summed E-state index contributed by atoms with van der Waals surface area (Å²) in [7, 11) is 0. The summed E-state index contributed by atoms with van der Waals surface area (Å²) in [6.07, 6.45) is 24.2. The van der Waals surface area contributed by atoms with Gasteiger partial charge in [0.05, 0.1) is 0 Å². The molecule has 2 N–H and O–H groups in total. The minimum atomic E-state index is -0.0139. The molecule has 0 aliphatic carbocycles. The minimum Gasteiger partial charge on any atom is -0.338 e. The normalized spacial score (nSPS) is 10.8. The highest BCUT2D eigenvalue weighted by Gasteiger charge is 1.98. The second-order valence-corrected chi connectivity index (χ2v) is 8.46. The summed E-state index contributed by atoms with van der Waals surface area (Å²) in [5, 5.41) is 5.80. The van der Waals surface area contributed by atoms with Gasteiger partial charge in [0.15, 0.2) is 0 Å². The van der Waals surface area contributed by atoms with Crippen molar-refractivity contribution >= 4 is 17.8 Å². The van der Waals surface area contributed by atoms with E-state index in [9.17, 15) is 4.79 Å². The monoisotopic (exact) mass is 386 g/mol. The molecule has 26 heavy (non-hydrogen) atoms. The summed E-state index contributed by atoms with van der Waals surface area (Å²) in [6, 6.07) is -0.0139. The fourth-order valence-electron chi connectivity index (χ4n) is 3.20. The van der Waals surface area contributed by atoms with E-state index in [0.29, 0.717) is 0 Å². The zero-order chi connectivity index (χ0) is 19.1. The van der Waals surface area contributed by atoms with Crippen molar-refractivity contribution < 1.29 is 4.79 Å². The van der Waals surface area contributed by atoms with Crippen molar-refractivity contribution in [3.05, 3.63) is 0 Å². The Morgan fingerprint density at radius 2 is 1.00 bits per heavy atom. The molecular formula is C22H46N2OS. The highest BCUT2D eigenvalue weighted by Crippen LogP contribution is 2.13. The zero-order valence-electron chi connectivity index (χ0n) is 17.8. The summed E-state index contributed by atoms with van der Waals surface area (Å²) in [6.45, 7) is 3.85. The van der Waals surface area contributed by atoms with Crippen LogP contribution in [0.3, 0.4) is 0 Å². The Balaban J connectivity index is 3.06. The maximum atomic E-state index is 11.4. The topological polar surface area (TPSA) is 41.1 Å². The smallest absolute Gasteiger partial charge is 0.314 e. The van der Waals surface area contributed by atoms with Crippen LogP contribution in [0.2, 0.25) is 0 Å². The Labute approximate surface area is 168 Å². The second-order valence-electron chi connectivity index (χ2n) is 7.48. The molecule has 0 saturated heterocycles. The van der Waals surface area contributed by atoms with Crippen LogP contribution in [-0.2, 0) is 0 Å². The van der Waals surface area contributed by atoms with E-state index in [1.165, 1.54) is 96.3 Å². The fourth-order valence-corrected chi connectivity index (χ4v) is 3.51. The van der Waals surface area contributed by atoms with E-state index < -0.39 is 0 Å². The quantitative estimate of drug-likeness (QED) is 0.223. The molecule has 0 atom stereocenters. The van der Waals surface area contributed by atoms with Crippen LogP contribution < -0.4 is 10.6 Å². The van der Waals surface area contributed by atoms with Gasteiger partial charge in [-0.2, -0.15) is 11.8 Å². The molecule has 0 aliphatic rings. The first-order valence-electron chi connectivity index (χ1n) is 11.3. The first-order valence-corrected chi connectivity index (χ1v) is 12.7. The van der Waals surface area contributed by atoms with Gasteiger partial charge in [0.2, 0.25) is 0 Å². The van der Waals surface area contributed by atoms with Gasteiger partial charge in [-0.05, 0) is 12.7 Å². The lowest BCUT2D eigenvalue weighted by molar-refractivity contribution is 0.241. The highest BCUT2D eigenvalue weighted by atomic mass is 32.2. The van der Waals surface area contributed by atoms with Crippen LogP contribution in [0.15, 0.2) is 0 Å². The molecule has 0 heterocycles. The van der Waals surface area contributed by atoms with E-state index in [0.717, 1.165) is 25.3 Å². The van der Waals surface area contributed by atoms with Crippen LogP contribution in [0, 0.1) is 0 Å². The van der Waals surface area contributed by atoms with Gasteiger partial charge in [-0.25, -0.2) is 4.79 Å². The van der Waals surface area contributed by atoms with Crippen LogP contribution in [0.25, 0.3) is 0 Å². The molecule has 4 heteroatoms. The molecule has 2 amide bonds. The van der Waals surface area contributed by atoms with Crippen molar-refractivity contribution in [3.63, 3.8) is 0 Å². The Morgan fingerprint density at radius 1 is 0.615 bits per heavy atom. The maximum Gasteiger partial charge on any atom is 0.314 e. The molecule has 0 unspecified atom stereocenters. The predicted molar refractivity (Wildman–Crippen MR) is 119 cm³/mol. The molecule has 0 aromatic heterocycles. The summed E-state index contributed by atoms with van der Waals surface area (Å²) in [4.78, 5) is 11.4. The minimum absolute atomic E-state index is 0.0139. The van der Waals surface area contributed by atoms with Crippen LogP contribution >= 0.6 is 11.8 Å². The molecule has 0 spiro atoms. The zero-order valence-corrected chi connectivity index (χ0v) is 18.6. The Kier molecular flexibility index (Phi) is 22.3. The molecule has 0 aromatic carbocycles. The third-order valence-corrected chi connectivity index (χ3v) is 5.52. The number of hydrogen-bond donors (Lipinski definition) is 2. The SMILES string of the molecule is CCCCCCCCCCCCCCCCCCNC(=O)NCCSC. The third-order valence-electron chi connectivity index (χ3n) is 4.91. The van der Waals surface area contributed by atoms with Crippen molar-refractivity contribution in [3.8, 4) is 0 Å². The number of thioether (sulfide) groups is 1. The largest absolute Gasteiger partial charge is 0.338 e. The van der Waals surface area contributed by atoms with E-state index in [4.69, 9.17) is 0 Å². The Bertz CT molecular complexity index is 287. The molecule has 0 aliphatic heterocycles. The van der Waals surface area contributed by atoms with E-state index in [1.807, 2.05) is 0 Å². The van der Waals surface area contributed by atoms with E-state index in [-0.39, 0.29) is 6.03 Å². The van der Waals surface area contributed by atoms with Crippen molar-refractivity contribution in [1.82, 2.24) is 10.6 Å². The van der Waals surface area contributed by atoms with Gasteiger partial charge in [-0.1, -0.05) is 103 Å². The summed E-state index contributed by atoms with van der Waals surface area (Å²) < 4.78 is 0. The van der Waals surface area contributed by atoms with Crippen molar-refractivity contribution in [2.75, 3.05) is 25.1 Å². The van der Waals surface area contributed by atoms with Gasteiger partial charge in [-0.3, -0.25) is 0 Å². The Hall–Kier alpha value is -0.380. The molecule has 0 rings (SSSR count). The van der Waals surface area contributed by atoms with Crippen molar-refractivity contribution in [2.45, 2.75) is 110 Å². The van der Waals surface area contributed by atoms with Crippen LogP contribution in [0.1, 0.15) is 110 Å². The van der Waals surface area contributed by atoms with E-state index in [2.05, 4.69) is 23.8 Å². The fraction of sp³-hybridized carbons (Fsp3) is 0.955. The van der Waals surface area contributed by atoms with Gasteiger partial charge in [0.1, 0.15) is 0 Å². The molecule has 0 saturated carbocycles. The number of carbonyl (C=O) groups excluding carboxylic acids is 1. The van der Waals surface area contributed by atoms with Gasteiger partial charge in [0.25, 0.3) is 0 Å². The van der Waals surface area contributed by atoms with Crippen molar-refractivity contribution in [2.24, 2.45) is 0 Å². The number of urea groups is 1. The number of amides is 2. The van der Waals surface area contributed by atoms with E-state index >= 15 is 0 Å². The molecule has 3 nitrogen and oxygen atoms in total. The summed E-state index contributed by atoms with van der Waals surface area (Å²) in [5.74, 6) is 0.979. The number of rotatable bonds is 20. The van der Waals surface area contributed by atoms with Gasteiger partial charge in [-0.15, -0.1) is 0 Å². The molecule has 0 radical (unpaired) electrons. The number of hydrogen-bond acceptors (Lipinski definition) is 2. The summed E-state index contributed by atoms with van der Waals surface area (Å²) >= 11 is 1.75. The van der Waals surface area contributed by atoms with E-state index in [1.54, 1.807) is 11.8 Å². The lowest BCUT2D eigenvalue weighted by Gasteiger charge is -2.07. The highest BCUT2D eigenvalue weighted by molar-refractivity contribution is 7.98. The first kappa shape index (κ1) is 25.6. The first-order chi connectivity index (χ1) is 12.8. The second kappa shape index (κ2) is 22.7. The average molecular weight is 387 g/mol. The van der Waals surface area contributed by atoms with Gasteiger partial charge < -0.3 is 10.6 Å². The van der Waals surface area contributed by atoms with Gasteiger partial charge >= 0.3 is 6.03 Å². The van der Waals surface area contributed by atoms with Crippen LogP contribution in [-0.4, -0.2) is 31.1 Å². The number of nitrogens with one attached hydrogen (secondary N) is 2. The standard InChI is InChI=1S/C22H46N2OS/c1-3-4-5-6-7-8-9-10-11-12-13-14-15-16-17-18-19-23-22(25)24-20-21-26-2/h3-21H2,1-2H3,(H2,23,24,25). The predicted octanol–water partition coefficient (Wildman–Crippen LogP) is 6.91.